The van der Waals surface area contributed by atoms with E-state index in [2.05, 4.69) is 25.2 Å². The van der Waals surface area contributed by atoms with E-state index in [0.717, 1.165) is 33.2 Å². The van der Waals surface area contributed by atoms with Gasteiger partial charge < -0.3 is 5.11 Å². The van der Waals surface area contributed by atoms with Crippen LogP contribution in [0.25, 0.3) is 16.0 Å². The Hall–Kier alpha value is -3.04. The number of fused-ring (bicyclic) bond motifs is 1. The lowest BCUT2D eigenvalue weighted by atomic mass is 10.1. The number of nitrogens with one attached hydrogen (secondary N) is 1. The number of aromatic nitrogens is 5. The summed E-state index contributed by atoms with van der Waals surface area (Å²) < 4.78 is 1.74. The topological polar surface area (TPSA) is 99.9 Å². The van der Waals surface area contributed by atoms with E-state index in [-0.39, 0.29) is 5.56 Å². The third-order valence-corrected chi connectivity index (χ3v) is 4.95. The molecule has 0 spiro atoms. The molecule has 4 aromatic rings. The molecule has 8 nitrogen and oxygen atoms in total. The summed E-state index contributed by atoms with van der Waals surface area (Å²) in [6, 6.07) is 6.81. The zero-order valence-electron chi connectivity index (χ0n) is 14.0. The molecule has 4 rings (SSSR count). The van der Waals surface area contributed by atoms with Gasteiger partial charge in [0.15, 0.2) is 0 Å². The van der Waals surface area contributed by atoms with Crippen LogP contribution >= 0.6 is 11.3 Å². The Morgan fingerprint density at radius 2 is 2.27 bits per heavy atom. The number of carbonyl (C=O) groups is 1. The largest absolute Gasteiger partial charge is 0.478 e. The number of aromatic amines is 1. The number of rotatable bonds is 6. The van der Waals surface area contributed by atoms with E-state index in [9.17, 15) is 9.90 Å². The van der Waals surface area contributed by atoms with Crippen molar-refractivity contribution in [2.24, 2.45) is 0 Å². The molecule has 9 heteroatoms. The van der Waals surface area contributed by atoms with Crippen LogP contribution in [0, 0.1) is 0 Å². The summed E-state index contributed by atoms with van der Waals surface area (Å²) in [6.07, 6.45) is 5.44. The maximum atomic E-state index is 11.2. The van der Waals surface area contributed by atoms with Gasteiger partial charge in [-0.3, -0.25) is 10.00 Å². The van der Waals surface area contributed by atoms with Gasteiger partial charge in [-0.2, -0.15) is 10.2 Å². The van der Waals surface area contributed by atoms with E-state index >= 15 is 0 Å². The van der Waals surface area contributed by atoms with E-state index in [0.29, 0.717) is 6.54 Å². The van der Waals surface area contributed by atoms with Gasteiger partial charge >= 0.3 is 5.97 Å². The summed E-state index contributed by atoms with van der Waals surface area (Å²) in [5.74, 6) is -0.941. The molecule has 0 unspecified atom stereocenters. The Kier molecular flexibility index (Phi) is 4.23. The van der Waals surface area contributed by atoms with Gasteiger partial charge in [0.2, 0.25) is 5.13 Å². The second-order valence-electron chi connectivity index (χ2n) is 5.97. The van der Waals surface area contributed by atoms with Crippen LogP contribution in [0.3, 0.4) is 0 Å². The Morgan fingerprint density at radius 3 is 3.04 bits per heavy atom. The number of aromatic carboxylic acids is 1. The number of carboxylic acids is 1. The number of H-pyrrole nitrogens is 1. The lowest BCUT2D eigenvalue weighted by Crippen LogP contribution is -2.17. The quantitative estimate of drug-likeness (QED) is 0.542. The Bertz CT molecular complexity index is 1050. The molecular formula is C17H16N6O2S. The SMILES string of the molecule is CN(Cc1cnc(-n2cccn2)s1)Cc1[nH]nc2ccc(C(=O)O)cc12. The van der Waals surface area contributed by atoms with E-state index in [1.54, 1.807) is 40.4 Å². The number of nitrogens with zero attached hydrogens (tertiary/aromatic N) is 5. The third-order valence-electron chi connectivity index (χ3n) is 3.98. The van der Waals surface area contributed by atoms with Crippen molar-refractivity contribution < 1.29 is 9.90 Å². The molecule has 132 valence electrons. The molecule has 3 heterocycles. The van der Waals surface area contributed by atoms with Crippen molar-refractivity contribution in [1.29, 1.82) is 0 Å². The zero-order valence-corrected chi connectivity index (χ0v) is 14.8. The maximum absolute atomic E-state index is 11.2. The van der Waals surface area contributed by atoms with Crippen LogP contribution in [0.15, 0.2) is 42.9 Å². The molecule has 26 heavy (non-hydrogen) atoms. The van der Waals surface area contributed by atoms with Crippen LogP contribution in [0.1, 0.15) is 20.9 Å². The normalized spacial score (nSPS) is 11.5. The maximum Gasteiger partial charge on any atom is 0.335 e. The molecule has 0 bridgehead atoms. The standard InChI is InChI=1S/C17H16N6O2S/c1-22(9-12-8-18-17(26-12)23-6-2-5-19-23)10-15-13-7-11(16(24)25)3-4-14(13)20-21-15/h2-8H,9-10H2,1H3,(H,20,21)(H,24,25). The number of thiazole rings is 1. The van der Waals surface area contributed by atoms with Crippen LogP contribution in [0.5, 0.6) is 0 Å². The summed E-state index contributed by atoms with van der Waals surface area (Å²) in [6.45, 7) is 1.34. The van der Waals surface area contributed by atoms with Crippen molar-refractivity contribution in [1.82, 2.24) is 29.9 Å². The second-order valence-corrected chi connectivity index (χ2v) is 7.06. The predicted octanol–water partition coefficient (Wildman–Crippen LogP) is 2.54. The summed E-state index contributed by atoms with van der Waals surface area (Å²) in [5.41, 5.74) is 1.91. The fourth-order valence-corrected chi connectivity index (χ4v) is 3.70. The summed E-state index contributed by atoms with van der Waals surface area (Å²) >= 11 is 1.59. The van der Waals surface area contributed by atoms with Crippen LogP contribution in [-0.4, -0.2) is 48.0 Å². The minimum absolute atomic E-state index is 0.258. The van der Waals surface area contributed by atoms with Gasteiger partial charge in [0.1, 0.15) is 0 Å². The van der Waals surface area contributed by atoms with Gasteiger partial charge in [0.05, 0.1) is 16.8 Å². The molecule has 0 atom stereocenters. The first-order valence-electron chi connectivity index (χ1n) is 7.94. The van der Waals surface area contributed by atoms with Gasteiger partial charge in [-0.1, -0.05) is 11.3 Å². The Labute approximate surface area is 152 Å². The molecular weight excluding hydrogens is 352 g/mol. The van der Waals surface area contributed by atoms with Gasteiger partial charge in [-0.15, -0.1) is 0 Å². The molecule has 0 aliphatic rings. The lowest BCUT2D eigenvalue weighted by Gasteiger charge is -2.14. The minimum Gasteiger partial charge on any atom is -0.478 e. The third kappa shape index (κ3) is 3.22. The summed E-state index contributed by atoms with van der Waals surface area (Å²) in [7, 11) is 2.00. The molecule has 3 aromatic heterocycles. The molecule has 0 aliphatic heterocycles. The van der Waals surface area contributed by atoms with Gasteiger partial charge in [-0.25, -0.2) is 14.5 Å². The van der Waals surface area contributed by atoms with E-state index in [1.165, 1.54) is 0 Å². The number of hydrogen-bond donors (Lipinski definition) is 2. The first-order chi connectivity index (χ1) is 12.6. The molecule has 0 radical (unpaired) electrons. The van der Waals surface area contributed by atoms with Gasteiger partial charge in [0, 0.05) is 41.9 Å². The van der Waals surface area contributed by atoms with E-state index in [1.807, 2.05) is 25.5 Å². The van der Waals surface area contributed by atoms with Crippen LogP contribution < -0.4 is 0 Å². The average Bonchev–Trinajstić information content (AvgIpc) is 3.35. The van der Waals surface area contributed by atoms with Crippen LogP contribution in [-0.2, 0) is 13.1 Å². The van der Waals surface area contributed by atoms with Crippen molar-refractivity contribution in [3.8, 4) is 5.13 Å². The highest BCUT2D eigenvalue weighted by atomic mass is 32.1. The highest BCUT2D eigenvalue weighted by Crippen LogP contribution is 2.21. The highest BCUT2D eigenvalue weighted by molar-refractivity contribution is 7.14. The average molecular weight is 368 g/mol. The van der Waals surface area contributed by atoms with Crippen molar-refractivity contribution in [2.45, 2.75) is 13.1 Å². The number of carboxylic acid groups (broad SMARTS) is 1. The van der Waals surface area contributed by atoms with Crippen molar-refractivity contribution >= 4 is 28.2 Å². The zero-order chi connectivity index (χ0) is 18.1. The molecule has 2 N–H and O–H groups in total. The Morgan fingerprint density at radius 1 is 1.38 bits per heavy atom. The van der Waals surface area contributed by atoms with Gasteiger partial charge in [0.25, 0.3) is 0 Å². The Balaban J connectivity index is 1.50. The van der Waals surface area contributed by atoms with Crippen molar-refractivity contribution in [3.63, 3.8) is 0 Å². The molecule has 0 saturated heterocycles. The highest BCUT2D eigenvalue weighted by Gasteiger charge is 2.13. The first-order valence-corrected chi connectivity index (χ1v) is 8.75. The minimum atomic E-state index is -0.941. The summed E-state index contributed by atoms with van der Waals surface area (Å²) in [5, 5.41) is 22.3. The predicted molar refractivity (Wildman–Crippen MR) is 97.5 cm³/mol. The van der Waals surface area contributed by atoms with E-state index < -0.39 is 5.97 Å². The van der Waals surface area contributed by atoms with Crippen molar-refractivity contribution in [3.05, 3.63) is 59.0 Å². The van der Waals surface area contributed by atoms with Crippen LogP contribution in [0.4, 0.5) is 0 Å². The van der Waals surface area contributed by atoms with E-state index in [4.69, 9.17) is 0 Å². The molecule has 0 saturated carbocycles. The number of benzene rings is 1. The fraction of sp³-hybridized carbons (Fsp3) is 0.176. The summed E-state index contributed by atoms with van der Waals surface area (Å²) in [4.78, 5) is 18.8. The van der Waals surface area contributed by atoms with Crippen LogP contribution in [0.2, 0.25) is 0 Å². The number of hydrogen-bond acceptors (Lipinski definition) is 6. The van der Waals surface area contributed by atoms with Crippen molar-refractivity contribution in [2.75, 3.05) is 7.05 Å². The first kappa shape index (κ1) is 16.4. The fourth-order valence-electron chi connectivity index (χ4n) is 2.77. The molecule has 1 aromatic carbocycles. The smallest absolute Gasteiger partial charge is 0.335 e. The molecule has 0 fully saturated rings. The van der Waals surface area contributed by atoms with Gasteiger partial charge in [-0.05, 0) is 31.3 Å². The lowest BCUT2D eigenvalue weighted by molar-refractivity contribution is 0.0697. The molecule has 0 aliphatic carbocycles. The second kappa shape index (κ2) is 6.70. The monoisotopic (exact) mass is 368 g/mol. The molecule has 0 amide bonds.